The molecule has 2 rings (SSSR count). The monoisotopic (exact) mass is 366 g/mol. The van der Waals surface area contributed by atoms with Crippen LogP contribution in [0.1, 0.15) is 13.3 Å². The highest BCUT2D eigenvalue weighted by Crippen LogP contribution is 2.25. The number of sulfonamides is 1. The van der Waals surface area contributed by atoms with Crippen molar-refractivity contribution in [2.24, 2.45) is 0 Å². The summed E-state index contributed by atoms with van der Waals surface area (Å²) < 4.78 is 25.7. The maximum atomic E-state index is 12.6. The largest absolute Gasteiger partial charge is 0.324 e. The minimum Gasteiger partial charge on any atom is -0.324 e. The number of hydrogen-bond donors (Lipinski definition) is 1. The predicted octanol–water partition coefficient (Wildman–Crippen LogP) is 3.52. The molecule has 5 nitrogen and oxygen atoms in total. The van der Waals surface area contributed by atoms with E-state index in [2.05, 4.69) is 5.32 Å². The predicted molar refractivity (Wildman–Crippen MR) is 97.9 cm³/mol. The molecule has 0 heterocycles. The van der Waals surface area contributed by atoms with Crippen molar-refractivity contribution in [2.75, 3.05) is 15.9 Å². The van der Waals surface area contributed by atoms with Crippen molar-refractivity contribution < 1.29 is 13.2 Å². The van der Waals surface area contributed by atoms with E-state index < -0.39 is 16.1 Å². The third-order valence-corrected chi connectivity index (χ3v) is 4.88. The fraction of sp³-hybridized carbons (Fsp3) is 0.235. The average Bonchev–Trinajstić information content (AvgIpc) is 2.53. The summed E-state index contributed by atoms with van der Waals surface area (Å²) in [4.78, 5) is 12.6. The molecular formula is C17H19ClN2O3S. The lowest BCUT2D eigenvalue weighted by Gasteiger charge is -2.30. The van der Waals surface area contributed by atoms with Crippen LogP contribution < -0.4 is 9.62 Å². The third-order valence-electron chi connectivity index (χ3n) is 3.45. The van der Waals surface area contributed by atoms with Crippen molar-refractivity contribution in [3.05, 3.63) is 59.6 Å². The van der Waals surface area contributed by atoms with Crippen molar-refractivity contribution in [3.63, 3.8) is 0 Å². The zero-order valence-electron chi connectivity index (χ0n) is 13.4. The van der Waals surface area contributed by atoms with Crippen LogP contribution in [-0.4, -0.2) is 26.6 Å². The molecule has 1 amide bonds. The second-order valence-corrected chi connectivity index (χ2v) is 7.61. The Labute approximate surface area is 147 Å². The van der Waals surface area contributed by atoms with Gasteiger partial charge in [0.2, 0.25) is 15.9 Å². The zero-order chi connectivity index (χ0) is 17.7. The Kier molecular flexibility index (Phi) is 5.85. The molecule has 7 heteroatoms. The van der Waals surface area contributed by atoms with Gasteiger partial charge in [0.05, 0.1) is 11.9 Å². The van der Waals surface area contributed by atoms with Gasteiger partial charge in [0.15, 0.2) is 0 Å². The Bertz CT molecular complexity index is 792. The highest BCUT2D eigenvalue weighted by atomic mass is 35.5. The van der Waals surface area contributed by atoms with Gasteiger partial charge < -0.3 is 5.32 Å². The Morgan fingerprint density at radius 1 is 1.12 bits per heavy atom. The SMILES string of the molecule is CCC(C(=O)Nc1ccccc1)N(c1ccc(Cl)cc1)S(C)(=O)=O. The molecule has 0 aliphatic rings. The van der Waals surface area contributed by atoms with Crippen LogP contribution >= 0.6 is 11.6 Å². The fourth-order valence-electron chi connectivity index (χ4n) is 2.40. The first-order chi connectivity index (χ1) is 11.3. The van der Waals surface area contributed by atoms with Crippen molar-refractivity contribution in [2.45, 2.75) is 19.4 Å². The lowest BCUT2D eigenvalue weighted by Crippen LogP contribution is -2.46. The molecule has 2 aromatic carbocycles. The Balaban J connectivity index is 2.35. The van der Waals surface area contributed by atoms with Gasteiger partial charge in [-0.3, -0.25) is 9.10 Å². The van der Waals surface area contributed by atoms with Crippen molar-refractivity contribution in [1.29, 1.82) is 0 Å². The number of carbonyl (C=O) groups excluding carboxylic acids is 1. The Morgan fingerprint density at radius 2 is 1.71 bits per heavy atom. The summed E-state index contributed by atoms with van der Waals surface area (Å²) in [5.74, 6) is -0.385. The Morgan fingerprint density at radius 3 is 2.21 bits per heavy atom. The maximum Gasteiger partial charge on any atom is 0.248 e. The van der Waals surface area contributed by atoms with Gasteiger partial charge in [-0.15, -0.1) is 0 Å². The van der Waals surface area contributed by atoms with Crippen molar-refractivity contribution in [3.8, 4) is 0 Å². The van der Waals surface area contributed by atoms with E-state index in [9.17, 15) is 13.2 Å². The molecule has 0 radical (unpaired) electrons. The molecule has 24 heavy (non-hydrogen) atoms. The van der Waals surface area contributed by atoms with E-state index in [1.165, 1.54) is 0 Å². The van der Waals surface area contributed by atoms with Crippen LogP contribution in [0.15, 0.2) is 54.6 Å². The molecule has 0 aliphatic heterocycles. The van der Waals surface area contributed by atoms with Crippen molar-refractivity contribution in [1.82, 2.24) is 0 Å². The average molecular weight is 367 g/mol. The van der Waals surface area contributed by atoms with Gasteiger partial charge in [0.25, 0.3) is 0 Å². The van der Waals surface area contributed by atoms with Gasteiger partial charge in [0.1, 0.15) is 6.04 Å². The van der Waals surface area contributed by atoms with E-state index in [4.69, 9.17) is 11.6 Å². The summed E-state index contributed by atoms with van der Waals surface area (Å²) in [5.41, 5.74) is 1.02. The number of nitrogens with one attached hydrogen (secondary N) is 1. The van der Waals surface area contributed by atoms with Crippen LogP contribution in [0.25, 0.3) is 0 Å². The van der Waals surface area contributed by atoms with Gasteiger partial charge in [-0.1, -0.05) is 36.7 Å². The molecule has 0 aromatic heterocycles. The number of nitrogens with zero attached hydrogens (tertiary/aromatic N) is 1. The summed E-state index contributed by atoms with van der Waals surface area (Å²) in [6.07, 6.45) is 1.41. The number of amides is 1. The second-order valence-electron chi connectivity index (χ2n) is 5.31. The topological polar surface area (TPSA) is 66.5 Å². The first-order valence-electron chi connectivity index (χ1n) is 7.44. The van der Waals surface area contributed by atoms with Crippen LogP contribution in [0.3, 0.4) is 0 Å². The third kappa shape index (κ3) is 4.49. The first kappa shape index (κ1) is 18.3. The first-order valence-corrected chi connectivity index (χ1v) is 9.66. The molecule has 128 valence electrons. The van der Waals surface area contributed by atoms with Gasteiger partial charge in [-0.25, -0.2) is 8.42 Å². The van der Waals surface area contributed by atoms with E-state index >= 15 is 0 Å². The smallest absolute Gasteiger partial charge is 0.248 e. The van der Waals surface area contributed by atoms with Crippen LogP contribution in [0, 0.1) is 0 Å². The number of rotatable bonds is 6. The molecule has 1 N–H and O–H groups in total. The van der Waals surface area contributed by atoms with E-state index in [1.54, 1.807) is 55.5 Å². The molecule has 0 saturated carbocycles. The number of anilines is 2. The Hall–Kier alpha value is -2.05. The molecule has 0 spiro atoms. The fourth-order valence-corrected chi connectivity index (χ4v) is 3.73. The summed E-state index contributed by atoms with van der Waals surface area (Å²) in [7, 11) is -3.65. The van der Waals surface area contributed by atoms with Crippen molar-refractivity contribution >= 4 is 38.9 Å². The van der Waals surface area contributed by atoms with E-state index in [0.29, 0.717) is 22.8 Å². The minimum atomic E-state index is -3.65. The van der Waals surface area contributed by atoms with Gasteiger partial charge in [0, 0.05) is 10.7 Å². The van der Waals surface area contributed by atoms with E-state index in [1.807, 2.05) is 6.07 Å². The second kappa shape index (κ2) is 7.68. The summed E-state index contributed by atoms with van der Waals surface area (Å²) >= 11 is 5.87. The van der Waals surface area contributed by atoms with Gasteiger partial charge >= 0.3 is 0 Å². The molecule has 1 unspecified atom stereocenters. The standard InChI is InChI=1S/C17H19ClN2O3S/c1-3-16(17(21)19-14-7-5-4-6-8-14)20(24(2,22)23)15-11-9-13(18)10-12-15/h4-12,16H,3H2,1-2H3,(H,19,21). The lowest BCUT2D eigenvalue weighted by molar-refractivity contribution is -0.117. The molecule has 0 aliphatic carbocycles. The number of carbonyl (C=O) groups is 1. The lowest BCUT2D eigenvalue weighted by atomic mass is 10.2. The molecular weight excluding hydrogens is 348 g/mol. The minimum absolute atomic E-state index is 0.328. The van der Waals surface area contributed by atoms with Crippen LogP contribution in [0.5, 0.6) is 0 Å². The summed E-state index contributed by atoms with van der Waals surface area (Å²) in [5, 5.41) is 3.25. The van der Waals surface area contributed by atoms with Gasteiger partial charge in [-0.2, -0.15) is 0 Å². The number of benzene rings is 2. The molecule has 0 saturated heterocycles. The molecule has 2 aromatic rings. The summed E-state index contributed by atoms with van der Waals surface area (Å²) in [6, 6.07) is 14.4. The van der Waals surface area contributed by atoms with Gasteiger partial charge in [-0.05, 0) is 42.8 Å². The van der Waals surface area contributed by atoms with Crippen LogP contribution in [0.4, 0.5) is 11.4 Å². The maximum absolute atomic E-state index is 12.6. The molecule has 0 fully saturated rings. The van der Waals surface area contributed by atoms with Crippen LogP contribution in [-0.2, 0) is 14.8 Å². The van der Waals surface area contributed by atoms with Crippen LogP contribution in [0.2, 0.25) is 5.02 Å². The highest BCUT2D eigenvalue weighted by molar-refractivity contribution is 7.92. The quantitative estimate of drug-likeness (QED) is 0.850. The number of para-hydroxylation sites is 1. The van der Waals surface area contributed by atoms with E-state index in [-0.39, 0.29) is 5.91 Å². The molecule has 0 bridgehead atoms. The summed E-state index contributed by atoms with van der Waals surface area (Å²) in [6.45, 7) is 1.77. The zero-order valence-corrected chi connectivity index (χ0v) is 15.0. The highest BCUT2D eigenvalue weighted by Gasteiger charge is 2.31. The normalized spacial score (nSPS) is 12.5. The number of hydrogen-bond acceptors (Lipinski definition) is 3. The van der Waals surface area contributed by atoms with E-state index in [0.717, 1.165) is 10.6 Å². The molecule has 1 atom stereocenters. The number of halogens is 1.